The number of carbonyl (C=O) groups is 1. The van der Waals surface area contributed by atoms with E-state index in [9.17, 15) is 10.1 Å². The van der Waals surface area contributed by atoms with E-state index >= 15 is 8.78 Å². The number of amides is 1. The van der Waals surface area contributed by atoms with E-state index in [2.05, 4.69) is 38.2 Å². The molecule has 7 rings (SSSR count). The maximum atomic E-state index is 16.8. The minimum absolute atomic E-state index is 0.0314. The van der Waals surface area contributed by atoms with E-state index < -0.39 is 23.3 Å². The quantitative estimate of drug-likeness (QED) is 0.320. The van der Waals surface area contributed by atoms with Crippen LogP contribution in [-0.4, -0.2) is 64.3 Å². The van der Waals surface area contributed by atoms with Gasteiger partial charge in [-0.3, -0.25) is 10.3 Å². The van der Waals surface area contributed by atoms with Crippen molar-refractivity contribution in [3.05, 3.63) is 40.7 Å². The third kappa shape index (κ3) is 4.56. The second-order valence-corrected chi connectivity index (χ2v) is 13.3. The Labute approximate surface area is 250 Å². The van der Waals surface area contributed by atoms with E-state index in [1.165, 1.54) is 0 Å². The Kier molecular flexibility index (Phi) is 6.50. The van der Waals surface area contributed by atoms with Gasteiger partial charge in [-0.1, -0.05) is 0 Å². The number of carbonyl (C=O) groups excluding carboxylic acids is 1. The van der Waals surface area contributed by atoms with Gasteiger partial charge >= 0.3 is 6.09 Å². The molecular formula is C30H29F2N7O3S. The number of nitriles is 1. The lowest BCUT2D eigenvalue weighted by atomic mass is 9.94. The monoisotopic (exact) mass is 605 g/mol. The summed E-state index contributed by atoms with van der Waals surface area (Å²) >= 11 is 0.869. The molecule has 6 heterocycles. The summed E-state index contributed by atoms with van der Waals surface area (Å²) in [6, 6.07) is 2.47. The zero-order valence-electron chi connectivity index (χ0n) is 24.1. The molecule has 10 nitrogen and oxygen atoms in total. The van der Waals surface area contributed by atoms with Gasteiger partial charge in [0, 0.05) is 41.7 Å². The third-order valence-corrected chi connectivity index (χ3v) is 9.54. The van der Waals surface area contributed by atoms with Crippen LogP contribution < -0.4 is 10.2 Å². The first-order valence-electron chi connectivity index (χ1n) is 14.1. The van der Waals surface area contributed by atoms with Gasteiger partial charge < -0.3 is 19.3 Å². The molecule has 0 radical (unpaired) electrons. The van der Waals surface area contributed by atoms with E-state index in [0.717, 1.165) is 49.2 Å². The predicted octanol–water partition coefficient (Wildman–Crippen LogP) is 5.57. The van der Waals surface area contributed by atoms with E-state index in [-0.39, 0.29) is 50.6 Å². The zero-order valence-corrected chi connectivity index (χ0v) is 24.9. The molecule has 0 unspecified atom stereocenters. The van der Waals surface area contributed by atoms with E-state index in [4.69, 9.17) is 14.5 Å². The lowest BCUT2D eigenvalue weighted by Gasteiger charge is -2.21. The maximum absolute atomic E-state index is 16.8. The third-order valence-electron chi connectivity index (χ3n) is 8.43. The number of ether oxygens (including phenoxy) is 2. The van der Waals surface area contributed by atoms with Crippen molar-refractivity contribution in [3.63, 3.8) is 0 Å². The summed E-state index contributed by atoms with van der Waals surface area (Å²) in [5.41, 5.74) is 0.772. The first-order valence-corrected chi connectivity index (χ1v) is 14.9. The molecule has 2 atom stereocenters. The molecule has 3 aliphatic rings. The van der Waals surface area contributed by atoms with Gasteiger partial charge in [-0.05, 0) is 57.8 Å². The number of rotatable bonds is 3. The highest BCUT2D eigenvalue weighted by Gasteiger charge is 2.40. The van der Waals surface area contributed by atoms with Crippen molar-refractivity contribution in [2.45, 2.75) is 52.0 Å². The zero-order chi connectivity index (χ0) is 30.2. The van der Waals surface area contributed by atoms with Crippen LogP contribution in [0.1, 0.15) is 43.9 Å². The van der Waals surface area contributed by atoms with Gasteiger partial charge in [-0.15, -0.1) is 11.3 Å². The normalized spacial score (nSPS) is 20.1. The molecule has 0 spiro atoms. The predicted molar refractivity (Wildman–Crippen MR) is 158 cm³/mol. The van der Waals surface area contributed by atoms with E-state index in [1.54, 1.807) is 27.0 Å². The van der Waals surface area contributed by atoms with Crippen molar-refractivity contribution in [2.75, 3.05) is 36.9 Å². The van der Waals surface area contributed by atoms with Crippen LogP contribution in [0.2, 0.25) is 0 Å². The average Bonchev–Trinajstić information content (AvgIpc) is 3.73. The standard InChI is InChI=1S/C30H29F2N7O3S/c1-30(2,3)42-29(40)37-27-15(7-33)22-25(34-9-19(31)26(22)43-27)21-18-13-41-12-17(18)16-8-35-28(36-24(16)23(21)32)39-10-14-5-6-38(4)20(14)11-39/h8-9,14,20H,5-6,10-13H2,1-4H3,(H,37,40)/t14-,20+/m1/s1. The highest BCUT2D eigenvalue weighted by Crippen LogP contribution is 2.46. The molecule has 0 aliphatic carbocycles. The lowest BCUT2D eigenvalue weighted by molar-refractivity contribution is 0.0636. The van der Waals surface area contributed by atoms with Gasteiger partial charge in [0.2, 0.25) is 5.95 Å². The fraction of sp³-hybridized carbons (Fsp3) is 0.433. The summed E-state index contributed by atoms with van der Waals surface area (Å²) in [6.45, 7) is 8.09. The number of pyridine rings is 1. The van der Waals surface area contributed by atoms with Crippen molar-refractivity contribution in [2.24, 2.45) is 5.92 Å². The van der Waals surface area contributed by atoms with E-state index in [1.807, 2.05) is 0 Å². The number of likely N-dealkylation sites (tertiary alicyclic amines) is 1. The molecule has 3 aliphatic heterocycles. The van der Waals surface area contributed by atoms with Gasteiger partial charge in [-0.2, -0.15) is 5.26 Å². The van der Waals surface area contributed by atoms with Crippen LogP contribution in [-0.2, 0) is 22.7 Å². The molecule has 2 fully saturated rings. The molecule has 13 heteroatoms. The molecule has 4 aromatic rings. The number of nitrogens with zero attached hydrogens (tertiary/aromatic N) is 6. The smallest absolute Gasteiger partial charge is 0.412 e. The van der Waals surface area contributed by atoms with Gasteiger partial charge in [0.15, 0.2) is 11.6 Å². The summed E-state index contributed by atoms with van der Waals surface area (Å²) in [5, 5.41) is 13.5. The highest BCUT2D eigenvalue weighted by atomic mass is 32.1. The summed E-state index contributed by atoms with van der Waals surface area (Å²) < 4.78 is 43.1. The molecule has 1 aromatic carbocycles. The minimum atomic E-state index is -0.793. The number of fused-ring (bicyclic) bond motifs is 5. The number of thiophene rings is 1. The Morgan fingerprint density at radius 2 is 2.00 bits per heavy atom. The summed E-state index contributed by atoms with van der Waals surface area (Å²) in [6.07, 6.45) is 2.97. The Bertz CT molecular complexity index is 1870. The van der Waals surface area contributed by atoms with Crippen LogP contribution in [0.15, 0.2) is 12.4 Å². The number of hydrogen-bond donors (Lipinski definition) is 1. The first kappa shape index (κ1) is 27.8. The van der Waals surface area contributed by atoms with Gasteiger partial charge in [-0.25, -0.2) is 23.5 Å². The Hall–Kier alpha value is -3.99. The van der Waals surface area contributed by atoms with Crippen LogP contribution in [0.25, 0.3) is 32.2 Å². The molecule has 2 saturated heterocycles. The SMILES string of the molecule is CN1CC[C@@H]2CN(c3ncc4c5c(c(-c6ncc(F)c7sc(NC(=O)OC(C)(C)C)c(C#N)c67)c(F)c4n3)COC5)C[C@@H]21. The summed E-state index contributed by atoms with van der Waals surface area (Å²) in [7, 11) is 2.12. The molecule has 222 valence electrons. The fourth-order valence-corrected chi connectivity index (χ4v) is 7.53. The molecule has 0 bridgehead atoms. The number of hydrogen-bond acceptors (Lipinski definition) is 10. The van der Waals surface area contributed by atoms with Crippen molar-refractivity contribution < 1.29 is 23.0 Å². The molecular weight excluding hydrogens is 576 g/mol. The van der Waals surface area contributed by atoms with Crippen molar-refractivity contribution in [3.8, 4) is 17.3 Å². The number of aromatic nitrogens is 3. The maximum Gasteiger partial charge on any atom is 0.412 e. The minimum Gasteiger partial charge on any atom is -0.444 e. The van der Waals surface area contributed by atoms with Crippen molar-refractivity contribution in [1.82, 2.24) is 19.9 Å². The van der Waals surface area contributed by atoms with Gasteiger partial charge in [0.1, 0.15) is 22.2 Å². The lowest BCUT2D eigenvalue weighted by Crippen LogP contribution is -2.32. The number of halogens is 2. The van der Waals surface area contributed by atoms with Gasteiger partial charge in [0.25, 0.3) is 0 Å². The summed E-state index contributed by atoms with van der Waals surface area (Å²) in [4.78, 5) is 30.6. The number of benzene rings is 1. The molecule has 0 saturated carbocycles. The molecule has 43 heavy (non-hydrogen) atoms. The number of nitrogens with one attached hydrogen (secondary N) is 1. The number of anilines is 2. The van der Waals surface area contributed by atoms with Crippen molar-refractivity contribution in [1.29, 1.82) is 5.26 Å². The van der Waals surface area contributed by atoms with Crippen LogP contribution in [0.5, 0.6) is 0 Å². The molecule has 1 N–H and O–H groups in total. The Balaban J connectivity index is 1.38. The molecule has 3 aromatic heterocycles. The average molecular weight is 606 g/mol. The van der Waals surface area contributed by atoms with Gasteiger partial charge in [0.05, 0.1) is 35.4 Å². The van der Waals surface area contributed by atoms with Crippen LogP contribution in [0.4, 0.5) is 24.5 Å². The summed E-state index contributed by atoms with van der Waals surface area (Å²) in [5.74, 6) is -0.369. The largest absolute Gasteiger partial charge is 0.444 e. The fourth-order valence-electron chi connectivity index (χ4n) is 6.49. The first-order chi connectivity index (χ1) is 20.5. The van der Waals surface area contributed by atoms with Crippen LogP contribution in [0.3, 0.4) is 0 Å². The second-order valence-electron chi connectivity index (χ2n) is 12.3. The second kappa shape index (κ2) is 10.0. The van der Waals surface area contributed by atoms with Crippen LogP contribution >= 0.6 is 11.3 Å². The number of likely N-dealkylation sites (N-methyl/N-ethyl adjacent to an activating group) is 1. The molecule has 1 amide bonds. The Morgan fingerprint density at radius 1 is 1.21 bits per heavy atom. The van der Waals surface area contributed by atoms with Crippen molar-refractivity contribution >= 4 is 49.4 Å². The van der Waals surface area contributed by atoms with E-state index in [0.29, 0.717) is 28.9 Å². The Morgan fingerprint density at radius 3 is 2.74 bits per heavy atom. The topological polar surface area (TPSA) is 116 Å². The van der Waals surface area contributed by atoms with Crippen LogP contribution in [0, 0.1) is 28.9 Å². The highest BCUT2D eigenvalue weighted by molar-refractivity contribution is 7.23.